The minimum absolute atomic E-state index is 0.0167. The highest BCUT2D eigenvalue weighted by molar-refractivity contribution is 5.76. The van der Waals surface area contributed by atoms with E-state index in [2.05, 4.69) is 9.97 Å². The van der Waals surface area contributed by atoms with Crippen molar-refractivity contribution >= 4 is 10.9 Å². The van der Waals surface area contributed by atoms with Gasteiger partial charge in [0.1, 0.15) is 0 Å². The van der Waals surface area contributed by atoms with E-state index in [4.69, 9.17) is 0 Å². The average Bonchev–Trinajstić information content (AvgIpc) is 2.66. The van der Waals surface area contributed by atoms with Gasteiger partial charge in [0, 0.05) is 12.4 Å². The van der Waals surface area contributed by atoms with Crippen LogP contribution < -0.4 is 5.56 Å². The summed E-state index contributed by atoms with van der Waals surface area (Å²) in [5, 5.41) is 0.645. The van der Waals surface area contributed by atoms with E-state index in [0.29, 0.717) is 11.9 Å². The number of aromatic nitrogens is 3. The van der Waals surface area contributed by atoms with Gasteiger partial charge >= 0.3 is 0 Å². The van der Waals surface area contributed by atoms with Crippen LogP contribution in [0.5, 0.6) is 0 Å². The monoisotopic (exact) mass is 313 g/mol. The molecule has 4 aromatic rings. The lowest BCUT2D eigenvalue weighted by Gasteiger charge is -2.08. The highest BCUT2D eigenvalue weighted by Gasteiger charge is 2.04. The molecule has 2 aromatic heterocycles. The first-order valence-corrected chi connectivity index (χ1v) is 7.75. The van der Waals surface area contributed by atoms with Crippen LogP contribution in [0.4, 0.5) is 0 Å². The summed E-state index contributed by atoms with van der Waals surface area (Å²) in [6, 6.07) is 19.5. The molecule has 0 fully saturated rings. The van der Waals surface area contributed by atoms with Crippen molar-refractivity contribution in [3.05, 3.63) is 95.3 Å². The molecule has 2 heterocycles. The quantitative estimate of drug-likeness (QED) is 0.581. The van der Waals surface area contributed by atoms with Crippen LogP contribution >= 0.6 is 0 Å². The van der Waals surface area contributed by atoms with Crippen molar-refractivity contribution in [2.75, 3.05) is 0 Å². The van der Waals surface area contributed by atoms with Gasteiger partial charge in [-0.25, -0.2) is 4.98 Å². The van der Waals surface area contributed by atoms with Crippen molar-refractivity contribution in [1.82, 2.24) is 14.5 Å². The summed E-state index contributed by atoms with van der Waals surface area (Å²) in [5.41, 5.74) is 3.95. The van der Waals surface area contributed by atoms with Gasteiger partial charge in [0.2, 0.25) is 0 Å². The summed E-state index contributed by atoms with van der Waals surface area (Å²) in [6.07, 6.45) is 5.21. The molecular weight excluding hydrogens is 298 g/mol. The Bertz CT molecular complexity index is 1040. The molecule has 0 aliphatic heterocycles. The molecule has 0 aliphatic carbocycles. The Labute approximate surface area is 139 Å². The van der Waals surface area contributed by atoms with Crippen LogP contribution in [-0.2, 0) is 6.54 Å². The van der Waals surface area contributed by atoms with Gasteiger partial charge in [-0.1, -0.05) is 42.5 Å². The maximum absolute atomic E-state index is 12.5. The van der Waals surface area contributed by atoms with E-state index in [9.17, 15) is 4.79 Å². The van der Waals surface area contributed by atoms with Crippen LogP contribution in [0, 0.1) is 0 Å². The van der Waals surface area contributed by atoms with Gasteiger partial charge in [0.25, 0.3) is 5.56 Å². The predicted molar refractivity (Wildman–Crippen MR) is 94.8 cm³/mol. The van der Waals surface area contributed by atoms with E-state index in [1.165, 1.54) is 0 Å². The highest BCUT2D eigenvalue weighted by atomic mass is 16.1. The predicted octanol–water partition coefficient (Wildman–Crippen LogP) is 3.51. The van der Waals surface area contributed by atoms with Crippen LogP contribution in [-0.4, -0.2) is 14.5 Å². The van der Waals surface area contributed by atoms with Crippen LogP contribution in [0.25, 0.3) is 22.0 Å². The highest BCUT2D eigenvalue weighted by Crippen LogP contribution is 2.18. The lowest BCUT2D eigenvalue weighted by Crippen LogP contribution is -2.21. The van der Waals surface area contributed by atoms with E-state index in [0.717, 1.165) is 22.2 Å². The van der Waals surface area contributed by atoms with Crippen molar-refractivity contribution in [3.63, 3.8) is 0 Å². The number of hydrogen-bond donors (Lipinski definition) is 0. The fourth-order valence-electron chi connectivity index (χ4n) is 2.75. The first-order chi connectivity index (χ1) is 11.8. The number of pyridine rings is 1. The Morgan fingerprint density at radius 3 is 2.50 bits per heavy atom. The van der Waals surface area contributed by atoms with Gasteiger partial charge in [-0.3, -0.25) is 14.3 Å². The lowest BCUT2D eigenvalue weighted by molar-refractivity contribution is 0.748. The minimum Gasteiger partial charge on any atom is -0.294 e. The van der Waals surface area contributed by atoms with Gasteiger partial charge in [-0.05, 0) is 34.9 Å². The Kier molecular flexibility index (Phi) is 3.63. The largest absolute Gasteiger partial charge is 0.294 e. The van der Waals surface area contributed by atoms with Crippen LogP contribution in [0.1, 0.15) is 5.56 Å². The lowest BCUT2D eigenvalue weighted by atomic mass is 10.1. The third-order valence-electron chi connectivity index (χ3n) is 4.03. The Morgan fingerprint density at radius 1 is 0.875 bits per heavy atom. The summed E-state index contributed by atoms with van der Waals surface area (Å²) >= 11 is 0. The molecule has 116 valence electrons. The van der Waals surface area contributed by atoms with Gasteiger partial charge in [0.15, 0.2) is 0 Å². The zero-order valence-corrected chi connectivity index (χ0v) is 13.0. The molecule has 0 spiro atoms. The minimum atomic E-state index is -0.0167. The van der Waals surface area contributed by atoms with E-state index in [1.54, 1.807) is 17.1 Å². The molecule has 4 nitrogen and oxygen atoms in total. The molecule has 0 saturated heterocycles. The fourth-order valence-corrected chi connectivity index (χ4v) is 2.75. The second-order valence-electron chi connectivity index (χ2n) is 5.63. The van der Waals surface area contributed by atoms with E-state index in [1.807, 2.05) is 66.9 Å². The van der Waals surface area contributed by atoms with Crippen LogP contribution in [0.3, 0.4) is 0 Å². The molecule has 0 saturated carbocycles. The first kappa shape index (κ1) is 14.3. The molecule has 0 radical (unpaired) electrons. The smallest absolute Gasteiger partial charge is 0.261 e. The van der Waals surface area contributed by atoms with Crippen molar-refractivity contribution in [3.8, 4) is 11.1 Å². The van der Waals surface area contributed by atoms with Gasteiger partial charge in [0.05, 0.1) is 23.8 Å². The number of rotatable bonds is 3. The van der Waals surface area contributed by atoms with E-state index >= 15 is 0 Å². The molecule has 0 aliphatic rings. The molecule has 0 amide bonds. The summed E-state index contributed by atoms with van der Waals surface area (Å²) in [7, 11) is 0. The van der Waals surface area contributed by atoms with Crippen LogP contribution in [0.2, 0.25) is 0 Å². The third kappa shape index (κ3) is 2.70. The average molecular weight is 313 g/mol. The molecule has 4 heteroatoms. The molecule has 2 aromatic carbocycles. The molecule has 0 atom stereocenters. The molecule has 4 rings (SSSR count). The second kappa shape index (κ2) is 6.08. The Hall–Kier alpha value is -3.27. The Morgan fingerprint density at radius 2 is 1.71 bits per heavy atom. The van der Waals surface area contributed by atoms with Crippen molar-refractivity contribution in [1.29, 1.82) is 0 Å². The van der Waals surface area contributed by atoms with Gasteiger partial charge < -0.3 is 0 Å². The summed E-state index contributed by atoms with van der Waals surface area (Å²) in [6.45, 7) is 0.504. The summed E-state index contributed by atoms with van der Waals surface area (Å²) < 4.78 is 1.64. The van der Waals surface area contributed by atoms with E-state index < -0.39 is 0 Å². The number of fused-ring (bicyclic) bond motifs is 1. The SMILES string of the molecule is O=c1c2ccccc2ncn1Cc1ccc(-c2cccnc2)cc1. The summed E-state index contributed by atoms with van der Waals surface area (Å²) in [5.74, 6) is 0. The van der Waals surface area contributed by atoms with Crippen molar-refractivity contribution in [2.24, 2.45) is 0 Å². The zero-order valence-electron chi connectivity index (χ0n) is 13.0. The number of benzene rings is 2. The zero-order chi connectivity index (χ0) is 16.4. The standard InChI is InChI=1S/C20H15N3O/c24-20-18-5-1-2-6-19(18)22-14-23(20)13-15-7-9-16(10-8-15)17-4-3-11-21-12-17/h1-12,14H,13H2. The molecule has 24 heavy (non-hydrogen) atoms. The van der Waals surface area contributed by atoms with Crippen LogP contribution in [0.15, 0.2) is 84.2 Å². The second-order valence-corrected chi connectivity index (χ2v) is 5.63. The third-order valence-corrected chi connectivity index (χ3v) is 4.03. The number of hydrogen-bond acceptors (Lipinski definition) is 3. The number of para-hydroxylation sites is 1. The fraction of sp³-hybridized carbons (Fsp3) is 0.0500. The molecular formula is C20H15N3O. The molecule has 0 unspecified atom stereocenters. The van der Waals surface area contributed by atoms with Gasteiger partial charge in [-0.2, -0.15) is 0 Å². The maximum Gasteiger partial charge on any atom is 0.261 e. The number of nitrogens with zero attached hydrogens (tertiary/aromatic N) is 3. The topological polar surface area (TPSA) is 47.8 Å². The molecule has 0 N–H and O–H groups in total. The molecule has 0 bridgehead atoms. The van der Waals surface area contributed by atoms with Gasteiger partial charge in [-0.15, -0.1) is 0 Å². The Balaban J connectivity index is 1.64. The maximum atomic E-state index is 12.5. The summed E-state index contributed by atoms with van der Waals surface area (Å²) in [4.78, 5) is 21.0. The van der Waals surface area contributed by atoms with Crippen molar-refractivity contribution in [2.45, 2.75) is 6.54 Å². The van der Waals surface area contributed by atoms with E-state index in [-0.39, 0.29) is 5.56 Å². The van der Waals surface area contributed by atoms with Crippen molar-refractivity contribution < 1.29 is 0 Å². The normalized spacial score (nSPS) is 10.8. The first-order valence-electron chi connectivity index (χ1n) is 7.75.